The van der Waals surface area contributed by atoms with Gasteiger partial charge in [0.05, 0.1) is 18.3 Å². The van der Waals surface area contributed by atoms with Crippen molar-refractivity contribution in [1.29, 1.82) is 0 Å². The van der Waals surface area contributed by atoms with Gasteiger partial charge < -0.3 is 14.7 Å². The Bertz CT molecular complexity index is 829. The third-order valence-corrected chi connectivity index (χ3v) is 9.67. The fraction of sp³-hybridized carbons (Fsp3) is 0.786. The van der Waals surface area contributed by atoms with Crippen LogP contribution in [-0.4, -0.2) is 54.4 Å². The van der Waals surface area contributed by atoms with E-state index >= 15 is 0 Å². The van der Waals surface area contributed by atoms with Crippen molar-refractivity contribution in [3.63, 3.8) is 0 Å². The van der Waals surface area contributed by atoms with Crippen molar-refractivity contribution < 1.29 is 9.84 Å². The lowest BCUT2D eigenvalue weighted by molar-refractivity contribution is -0.0226. The minimum absolute atomic E-state index is 0.0906. The Morgan fingerprint density at radius 3 is 2.66 bits per heavy atom. The maximum absolute atomic E-state index is 10.7. The van der Waals surface area contributed by atoms with Crippen molar-refractivity contribution >= 4 is 5.69 Å². The monoisotopic (exact) mass is 440 g/mol. The summed E-state index contributed by atoms with van der Waals surface area (Å²) in [6.45, 7) is 15.5. The third-order valence-electron chi connectivity index (χ3n) is 9.67. The molecule has 0 spiro atoms. The topological polar surface area (TPSA) is 35.9 Å². The van der Waals surface area contributed by atoms with Gasteiger partial charge in [-0.3, -0.25) is 4.90 Å². The predicted octanol–water partition coefficient (Wildman–Crippen LogP) is 5.22. The zero-order chi connectivity index (χ0) is 22.6. The minimum atomic E-state index is -0.0906. The lowest BCUT2D eigenvalue weighted by Gasteiger charge is -2.50. The van der Waals surface area contributed by atoms with E-state index in [-0.39, 0.29) is 11.5 Å². The number of anilines is 1. The van der Waals surface area contributed by atoms with Crippen LogP contribution in [0.5, 0.6) is 5.75 Å². The Labute approximate surface area is 195 Å². The summed E-state index contributed by atoms with van der Waals surface area (Å²) in [7, 11) is 0. The van der Waals surface area contributed by atoms with E-state index in [1.165, 1.54) is 43.4 Å². The van der Waals surface area contributed by atoms with E-state index in [0.29, 0.717) is 23.9 Å². The summed E-state index contributed by atoms with van der Waals surface area (Å²) in [6, 6.07) is 6.03. The number of rotatable bonds is 5. The number of fused-ring (bicyclic) bond motifs is 6. The van der Waals surface area contributed by atoms with Gasteiger partial charge in [0.1, 0.15) is 12.4 Å². The van der Waals surface area contributed by atoms with Gasteiger partial charge in [-0.1, -0.05) is 6.92 Å². The Morgan fingerprint density at radius 1 is 1.12 bits per heavy atom. The number of aliphatic hydroxyl groups is 1. The van der Waals surface area contributed by atoms with Crippen LogP contribution < -0.4 is 9.64 Å². The first-order chi connectivity index (χ1) is 15.3. The third kappa shape index (κ3) is 3.66. The van der Waals surface area contributed by atoms with E-state index in [0.717, 1.165) is 44.3 Å². The summed E-state index contributed by atoms with van der Waals surface area (Å²) in [4.78, 5) is 5.17. The van der Waals surface area contributed by atoms with Gasteiger partial charge in [0.15, 0.2) is 0 Å². The van der Waals surface area contributed by atoms with Crippen LogP contribution in [0.3, 0.4) is 0 Å². The van der Waals surface area contributed by atoms with Crippen molar-refractivity contribution in [3.8, 4) is 5.75 Å². The first kappa shape index (κ1) is 22.5. The molecular formula is C28H44N2O2. The SMILES string of the molecule is CC(C)N(CCN1CCOc2cc3c(cc21)[C@H]1CC[C@]2(C)[C@@H](O)CC[C@H]2[C@@H]1CC3)C(C)C. The highest BCUT2D eigenvalue weighted by molar-refractivity contribution is 5.64. The minimum Gasteiger partial charge on any atom is -0.490 e. The molecule has 32 heavy (non-hydrogen) atoms. The Morgan fingerprint density at radius 2 is 1.91 bits per heavy atom. The molecule has 5 atom stereocenters. The van der Waals surface area contributed by atoms with E-state index in [4.69, 9.17) is 4.74 Å². The lowest BCUT2D eigenvalue weighted by Crippen LogP contribution is -2.45. The van der Waals surface area contributed by atoms with Crippen LogP contribution in [-0.2, 0) is 6.42 Å². The first-order valence-electron chi connectivity index (χ1n) is 13.3. The van der Waals surface area contributed by atoms with Crippen molar-refractivity contribution in [2.45, 2.75) is 97.2 Å². The first-order valence-corrected chi connectivity index (χ1v) is 13.3. The quantitative estimate of drug-likeness (QED) is 0.681. The highest BCUT2D eigenvalue weighted by Crippen LogP contribution is 2.61. The number of aliphatic hydroxyl groups excluding tert-OH is 1. The molecule has 0 unspecified atom stereocenters. The molecule has 0 saturated heterocycles. The molecule has 2 saturated carbocycles. The molecule has 2 fully saturated rings. The number of nitrogens with zero attached hydrogens (tertiary/aromatic N) is 2. The van der Waals surface area contributed by atoms with Crippen molar-refractivity contribution in [2.75, 3.05) is 31.1 Å². The summed E-state index contributed by atoms with van der Waals surface area (Å²) < 4.78 is 6.17. The Kier molecular flexibility index (Phi) is 5.99. The molecule has 178 valence electrons. The molecule has 0 amide bonds. The predicted molar refractivity (Wildman–Crippen MR) is 132 cm³/mol. The molecule has 1 aromatic rings. The second-order valence-corrected chi connectivity index (χ2v) is 11.8. The summed E-state index contributed by atoms with van der Waals surface area (Å²) in [5, 5.41) is 10.7. The normalized spacial score (nSPS) is 33.7. The van der Waals surface area contributed by atoms with Crippen molar-refractivity contribution in [3.05, 3.63) is 23.3 Å². The van der Waals surface area contributed by atoms with Gasteiger partial charge in [0.25, 0.3) is 0 Å². The molecule has 4 nitrogen and oxygen atoms in total. The van der Waals surface area contributed by atoms with Crippen molar-refractivity contribution in [2.24, 2.45) is 17.3 Å². The average Bonchev–Trinajstić information content (AvgIpc) is 3.06. The van der Waals surface area contributed by atoms with Crippen LogP contribution in [0.25, 0.3) is 0 Å². The summed E-state index contributed by atoms with van der Waals surface area (Å²) in [5.41, 5.74) is 4.60. The number of hydrogen-bond acceptors (Lipinski definition) is 4. The highest BCUT2D eigenvalue weighted by atomic mass is 16.5. The molecule has 1 aliphatic heterocycles. The van der Waals surface area contributed by atoms with Gasteiger partial charge in [-0.15, -0.1) is 0 Å². The van der Waals surface area contributed by atoms with Gasteiger partial charge >= 0.3 is 0 Å². The van der Waals surface area contributed by atoms with Crippen molar-refractivity contribution in [1.82, 2.24) is 4.90 Å². The standard InChI is InChI=1S/C28H44N2O2/c1-18(2)30(19(3)4)13-12-29-14-15-32-26-16-20-6-7-22-21(23(20)17-25(26)29)10-11-28(5)24(22)8-9-27(28)31/h16-19,21-22,24,27,31H,6-15H2,1-5H3/t21-,22+,24-,27-,28-/m0/s1. The zero-order valence-corrected chi connectivity index (χ0v) is 20.9. The molecule has 0 bridgehead atoms. The smallest absolute Gasteiger partial charge is 0.142 e. The van der Waals surface area contributed by atoms with Crippen LogP contribution in [0, 0.1) is 17.3 Å². The second kappa shape index (κ2) is 8.51. The fourth-order valence-electron chi connectivity index (χ4n) is 7.89. The molecular weight excluding hydrogens is 396 g/mol. The van der Waals surface area contributed by atoms with Gasteiger partial charge in [0, 0.05) is 25.2 Å². The van der Waals surface area contributed by atoms with E-state index < -0.39 is 0 Å². The fourth-order valence-corrected chi connectivity index (χ4v) is 7.89. The number of hydrogen-bond donors (Lipinski definition) is 1. The summed E-state index contributed by atoms with van der Waals surface area (Å²) in [5.74, 6) is 3.20. The summed E-state index contributed by atoms with van der Waals surface area (Å²) >= 11 is 0. The van der Waals surface area contributed by atoms with Gasteiger partial charge in [-0.05, 0) is 113 Å². The average molecular weight is 441 g/mol. The molecule has 0 aromatic heterocycles. The van der Waals surface area contributed by atoms with E-state index in [2.05, 4.69) is 56.6 Å². The van der Waals surface area contributed by atoms with Gasteiger partial charge in [-0.2, -0.15) is 0 Å². The number of benzene rings is 1. The number of aryl methyl sites for hydroxylation is 1. The number of ether oxygens (including phenoxy) is 1. The molecule has 1 N–H and O–H groups in total. The molecule has 4 heteroatoms. The maximum Gasteiger partial charge on any atom is 0.142 e. The molecule has 1 heterocycles. The largest absolute Gasteiger partial charge is 0.490 e. The van der Waals surface area contributed by atoms with E-state index in [1.54, 1.807) is 5.56 Å². The highest BCUT2D eigenvalue weighted by Gasteiger charge is 2.54. The summed E-state index contributed by atoms with van der Waals surface area (Å²) in [6.07, 6.45) is 6.99. The Balaban J connectivity index is 1.40. The Hall–Kier alpha value is -1.26. The van der Waals surface area contributed by atoms with Crippen LogP contribution in [0.2, 0.25) is 0 Å². The van der Waals surface area contributed by atoms with E-state index in [9.17, 15) is 5.11 Å². The molecule has 1 aromatic carbocycles. The molecule has 4 aliphatic rings. The molecule has 5 rings (SSSR count). The van der Waals surface area contributed by atoms with Crippen LogP contribution >= 0.6 is 0 Å². The van der Waals surface area contributed by atoms with Crippen LogP contribution in [0.4, 0.5) is 5.69 Å². The second-order valence-electron chi connectivity index (χ2n) is 11.8. The van der Waals surface area contributed by atoms with Gasteiger partial charge in [-0.25, -0.2) is 0 Å². The lowest BCUT2D eigenvalue weighted by atomic mass is 9.55. The molecule has 3 aliphatic carbocycles. The van der Waals surface area contributed by atoms with Gasteiger partial charge in [0.2, 0.25) is 0 Å². The zero-order valence-electron chi connectivity index (χ0n) is 20.9. The van der Waals surface area contributed by atoms with Crippen LogP contribution in [0.15, 0.2) is 12.1 Å². The van der Waals surface area contributed by atoms with Crippen LogP contribution in [0.1, 0.15) is 83.8 Å². The van der Waals surface area contributed by atoms with E-state index in [1.807, 2.05) is 0 Å². The maximum atomic E-state index is 10.7. The molecule has 0 radical (unpaired) electrons.